The summed E-state index contributed by atoms with van der Waals surface area (Å²) in [5.74, 6) is 0.846. The molecule has 0 bridgehead atoms. The molecule has 0 fully saturated rings. The predicted octanol–water partition coefficient (Wildman–Crippen LogP) is 6.32. The Morgan fingerprint density at radius 3 is 1.70 bits per heavy atom. The van der Waals surface area contributed by atoms with Gasteiger partial charge in [0, 0.05) is 6.04 Å². The van der Waals surface area contributed by atoms with Gasteiger partial charge in [0.1, 0.15) is 0 Å². The summed E-state index contributed by atoms with van der Waals surface area (Å²) >= 11 is 0. The molecule has 0 radical (unpaired) electrons. The summed E-state index contributed by atoms with van der Waals surface area (Å²) in [6.45, 7) is 10.5. The highest BCUT2D eigenvalue weighted by atomic mass is 14.9. The summed E-state index contributed by atoms with van der Waals surface area (Å²) in [6.07, 6.45) is 16.8. The van der Waals surface area contributed by atoms with Crippen LogP contribution in [0, 0.1) is 5.92 Å². The van der Waals surface area contributed by atoms with Gasteiger partial charge in [0.2, 0.25) is 0 Å². The molecule has 0 saturated carbocycles. The maximum absolute atomic E-state index is 3.73. The minimum Gasteiger partial charge on any atom is -0.314 e. The van der Waals surface area contributed by atoms with Crippen LogP contribution in [0.25, 0.3) is 0 Å². The van der Waals surface area contributed by atoms with E-state index in [9.17, 15) is 0 Å². The SMILES string of the molecule is CCCCCCC[C@H](C)CN[C@H](C)CCCCCCC. The first-order valence-electron chi connectivity index (χ1n) is 9.44. The van der Waals surface area contributed by atoms with E-state index in [1.165, 1.54) is 83.6 Å². The highest BCUT2D eigenvalue weighted by molar-refractivity contribution is 4.64. The maximum atomic E-state index is 3.73. The van der Waals surface area contributed by atoms with Crippen molar-refractivity contribution in [1.82, 2.24) is 5.32 Å². The predicted molar refractivity (Wildman–Crippen MR) is 93.4 cm³/mol. The van der Waals surface area contributed by atoms with Crippen LogP contribution in [-0.2, 0) is 0 Å². The second kappa shape index (κ2) is 15.4. The zero-order valence-electron chi connectivity index (χ0n) is 14.8. The molecular formula is C19H41N. The van der Waals surface area contributed by atoms with Gasteiger partial charge >= 0.3 is 0 Å². The summed E-state index contributed by atoms with van der Waals surface area (Å²) in [7, 11) is 0. The van der Waals surface area contributed by atoms with E-state index >= 15 is 0 Å². The van der Waals surface area contributed by atoms with Crippen molar-refractivity contribution in [3.05, 3.63) is 0 Å². The zero-order valence-corrected chi connectivity index (χ0v) is 14.8. The van der Waals surface area contributed by atoms with Crippen molar-refractivity contribution in [1.29, 1.82) is 0 Å². The van der Waals surface area contributed by atoms with Crippen molar-refractivity contribution in [2.75, 3.05) is 6.54 Å². The molecule has 0 aliphatic carbocycles. The Morgan fingerprint density at radius 1 is 0.650 bits per heavy atom. The van der Waals surface area contributed by atoms with E-state index in [-0.39, 0.29) is 0 Å². The van der Waals surface area contributed by atoms with E-state index in [0.717, 1.165) is 5.92 Å². The van der Waals surface area contributed by atoms with Crippen molar-refractivity contribution in [3.8, 4) is 0 Å². The Kier molecular flexibility index (Phi) is 15.3. The molecule has 0 rings (SSSR count). The smallest absolute Gasteiger partial charge is 0.00388 e. The quantitative estimate of drug-likeness (QED) is 0.347. The van der Waals surface area contributed by atoms with E-state index in [2.05, 4.69) is 33.0 Å². The average Bonchev–Trinajstić information content (AvgIpc) is 2.44. The summed E-state index contributed by atoms with van der Waals surface area (Å²) in [5, 5.41) is 3.73. The fraction of sp³-hybridized carbons (Fsp3) is 1.00. The van der Waals surface area contributed by atoms with Crippen molar-refractivity contribution in [2.24, 2.45) is 5.92 Å². The molecular weight excluding hydrogens is 242 g/mol. The molecule has 0 spiro atoms. The average molecular weight is 284 g/mol. The van der Waals surface area contributed by atoms with Gasteiger partial charge in [0.15, 0.2) is 0 Å². The molecule has 0 aromatic carbocycles. The molecule has 0 heterocycles. The van der Waals surface area contributed by atoms with E-state index in [0.29, 0.717) is 6.04 Å². The summed E-state index contributed by atoms with van der Waals surface area (Å²) < 4.78 is 0. The summed E-state index contributed by atoms with van der Waals surface area (Å²) in [6, 6.07) is 0.708. The van der Waals surface area contributed by atoms with Crippen LogP contribution in [0.4, 0.5) is 0 Å². The highest BCUT2D eigenvalue weighted by Gasteiger charge is 2.05. The molecule has 0 unspecified atom stereocenters. The number of hydrogen-bond acceptors (Lipinski definition) is 1. The van der Waals surface area contributed by atoms with Crippen LogP contribution in [0.15, 0.2) is 0 Å². The van der Waals surface area contributed by atoms with Gasteiger partial charge in [-0.15, -0.1) is 0 Å². The third-order valence-electron chi connectivity index (χ3n) is 4.36. The number of hydrogen-bond donors (Lipinski definition) is 1. The molecule has 0 saturated heterocycles. The van der Waals surface area contributed by atoms with Crippen LogP contribution < -0.4 is 5.32 Å². The van der Waals surface area contributed by atoms with Crippen LogP contribution >= 0.6 is 0 Å². The van der Waals surface area contributed by atoms with E-state index in [1.807, 2.05) is 0 Å². The first-order chi connectivity index (χ1) is 9.70. The second-order valence-electron chi connectivity index (χ2n) is 6.82. The minimum absolute atomic E-state index is 0.708. The fourth-order valence-electron chi connectivity index (χ4n) is 2.76. The van der Waals surface area contributed by atoms with Gasteiger partial charge < -0.3 is 5.32 Å². The van der Waals surface area contributed by atoms with Crippen LogP contribution in [0.2, 0.25) is 0 Å². The monoisotopic (exact) mass is 283 g/mol. The largest absolute Gasteiger partial charge is 0.314 e. The molecule has 0 aromatic rings. The van der Waals surface area contributed by atoms with Crippen molar-refractivity contribution in [2.45, 2.75) is 111 Å². The number of rotatable bonds is 15. The Balaban J connectivity index is 3.32. The Labute approximate surface area is 129 Å². The molecule has 1 nitrogen and oxygen atoms in total. The standard InChI is InChI=1S/C19H41N/c1-5-7-9-11-13-15-18(3)17-20-19(4)16-14-12-10-8-6-2/h18-20H,5-17H2,1-4H3/t18-,19+/m0/s1. The lowest BCUT2D eigenvalue weighted by molar-refractivity contribution is 0.405. The summed E-state index contributed by atoms with van der Waals surface area (Å²) in [4.78, 5) is 0. The molecule has 20 heavy (non-hydrogen) atoms. The molecule has 0 aromatic heterocycles. The second-order valence-corrected chi connectivity index (χ2v) is 6.82. The van der Waals surface area contributed by atoms with Crippen molar-refractivity contribution in [3.63, 3.8) is 0 Å². The van der Waals surface area contributed by atoms with E-state index in [4.69, 9.17) is 0 Å². The molecule has 122 valence electrons. The number of nitrogens with one attached hydrogen (secondary N) is 1. The van der Waals surface area contributed by atoms with Crippen LogP contribution in [0.1, 0.15) is 105 Å². The molecule has 0 aliphatic heterocycles. The summed E-state index contributed by atoms with van der Waals surface area (Å²) in [5.41, 5.74) is 0. The normalized spacial score (nSPS) is 14.4. The van der Waals surface area contributed by atoms with E-state index < -0.39 is 0 Å². The molecule has 2 atom stereocenters. The van der Waals surface area contributed by atoms with Gasteiger partial charge in [0.25, 0.3) is 0 Å². The number of unbranched alkanes of at least 4 members (excludes halogenated alkanes) is 8. The fourth-order valence-corrected chi connectivity index (χ4v) is 2.76. The first kappa shape index (κ1) is 20.0. The van der Waals surface area contributed by atoms with Gasteiger partial charge in [-0.2, -0.15) is 0 Å². The Morgan fingerprint density at radius 2 is 1.15 bits per heavy atom. The lowest BCUT2D eigenvalue weighted by Gasteiger charge is -2.17. The topological polar surface area (TPSA) is 12.0 Å². The Bertz CT molecular complexity index is 159. The lowest BCUT2D eigenvalue weighted by Crippen LogP contribution is -2.30. The van der Waals surface area contributed by atoms with Gasteiger partial charge in [0.05, 0.1) is 0 Å². The van der Waals surface area contributed by atoms with Gasteiger partial charge in [-0.25, -0.2) is 0 Å². The van der Waals surface area contributed by atoms with Crippen LogP contribution in [0.3, 0.4) is 0 Å². The Hall–Kier alpha value is -0.0400. The third-order valence-corrected chi connectivity index (χ3v) is 4.36. The van der Waals surface area contributed by atoms with Gasteiger partial charge in [-0.05, 0) is 32.2 Å². The maximum Gasteiger partial charge on any atom is 0.00388 e. The lowest BCUT2D eigenvalue weighted by atomic mass is 10.0. The van der Waals surface area contributed by atoms with Gasteiger partial charge in [-0.1, -0.05) is 85.0 Å². The first-order valence-corrected chi connectivity index (χ1v) is 9.44. The molecule has 0 amide bonds. The molecule has 0 aliphatic rings. The van der Waals surface area contributed by atoms with Gasteiger partial charge in [-0.3, -0.25) is 0 Å². The van der Waals surface area contributed by atoms with Crippen molar-refractivity contribution < 1.29 is 0 Å². The zero-order chi connectivity index (χ0) is 15.1. The molecule has 1 heteroatoms. The van der Waals surface area contributed by atoms with E-state index in [1.54, 1.807) is 0 Å². The van der Waals surface area contributed by atoms with Crippen LogP contribution in [-0.4, -0.2) is 12.6 Å². The third kappa shape index (κ3) is 14.4. The molecule has 1 N–H and O–H groups in total. The van der Waals surface area contributed by atoms with Crippen LogP contribution in [0.5, 0.6) is 0 Å². The van der Waals surface area contributed by atoms with Crippen molar-refractivity contribution >= 4 is 0 Å². The highest BCUT2D eigenvalue weighted by Crippen LogP contribution is 2.12. The minimum atomic E-state index is 0.708.